The van der Waals surface area contributed by atoms with Crippen LogP contribution in [0.3, 0.4) is 0 Å². The first kappa shape index (κ1) is 14.3. The van der Waals surface area contributed by atoms with Crippen molar-refractivity contribution in [1.29, 1.82) is 0 Å². The molecule has 0 spiro atoms. The zero-order chi connectivity index (χ0) is 15.6. The Hall–Kier alpha value is -2.32. The lowest BCUT2D eigenvalue weighted by atomic mass is 10.2. The Labute approximate surface area is 136 Å². The number of amides is 1. The van der Waals surface area contributed by atoms with Gasteiger partial charge in [-0.15, -0.1) is 10.2 Å². The van der Waals surface area contributed by atoms with Gasteiger partial charge in [-0.05, 0) is 36.4 Å². The fraction of sp³-hybridized carbons (Fsp3) is 0.333. The molecule has 7 nitrogen and oxygen atoms in total. The molecular formula is C15H15N5O2S. The molecular weight excluding hydrogens is 314 g/mol. The Balaban J connectivity index is 1.55. The van der Waals surface area contributed by atoms with Crippen molar-refractivity contribution >= 4 is 22.9 Å². The number of carbonyl (C=O) groups excluding carboxylic acids is 1. The van der Waals surface area contributed by atoms with Crippen LogP contribution in [0.15, 0.2) is 29.0 Å². The average Bonchev–Trinajstić information content (AvgIpc) is 3.33. The molecule has 3 aromatic heterocycles. The quantitative estimate of drug-likeness (QED) is 0.787. The molecule has 0 saturated carbocycles. The van der Waals surface area contributed by atoms with Gasteiger partial charge in [0.1, 0.15) is 6.10 Å². The third kappa shape index (κ3) is 2.82. The Morgan fingerprint density at radius 2 is 2.35 bits per heavy atom. The van der Waals surface area contributed by atoms with Gasteiger partial charge in [0.15, 0.2) is 11.5 Å². The predicted molar refractivity (Wildman–Crippen MR) is 84.9 cm³/mol. The molecule has 1 aliphatic rings. The van der Waals surface area contributed by atoms with Crippen molar-refractivity contribution < 1.29 is 9.53 Å². The van der Waals surface area contributed by atoms with Crippen LogP contribution in [0.1, 0.15) is 18.7 Å². The second-order valence-electron chi connectivity index (χ2n) is 5.34. The van der Waals surface area contributed by atoms with E-state index in [1.54, 1.807) is 15.9 Å². The maximum absolute atomic E-state index is 12.0. The van der Waals surface area contributed by atoms with E-state index in [4.69, 9.17) is 4.74 Å². The number of hydrogen-bond acceptors (Lipinski definition) is 6. The lowest BCUT2D eigenvalue weighted by Gasteiger charge is -2.09. The van der Waals surface area contributed by atoms with Crippen LogP contribution in [0.5, 0.6) is 0 Å². The predicted octanol–water partition coefficient (Wildman–Crippen LogP) is 1.65. The van der Waals surface area contributed by atoms with Crippen molar-refractivity contribution in [3.63, 3.8) is 0 Å². The van der Waals surface area contributed by atoms with Crippen LogP contribution in [0.2, 0.25) is 0 Å². The van der Waals surface area contributed by atoms with Gasteiger partial charge < -0.3 is 10.1 Å². The molecule has 4 rings (SSSR count). The minimum absolute atomic E-state index is 0.103. The largest absolute Gasteiger partial charge is 0.368 e. The minimum atomic E-state index is -0.344. The highest BCUT2D eigenvalue weighted by atomic mass is 32.1. The van der Waals surface area contributed by atoms with Crippen LogP contribution in [-0.2, 0) is 16.1 Å². The molecule has 3 aromatic rings. The van der Waals surface area contributed by atoms with E-state index in [0.717, 1.165) is 24.1 Å². The van der Waals surface area contributed by atoms with Gasteiger partial charge >= 0.3 is 0 Å². The Morgan fingerprint density at radius 3 is 3.13 bits per heavy atom. The maximum atomic E-state index is 12.0. The highest BCUT2D eigenvalue weighted by Crippen LogP contribution is 2.20. The van der Waals surface area contributed by atoms with Crippen molar-refractivity contribution in [3.05, 3.63) is 34.8 Å². The van der Waals surface area contributed by atoms with Gasteiger partial charge in [0, 0.05) is 17.6 Å². The normalized spacial score (nSPS) is 17.7. The molecule has 118 valence electrons. The molecule has 1 unspecified atom stereocenters. The summed E-state index contributed by atoms with van der Waals surface area (Å²) in [6.07, 6.45) is 1.35. The van der Waals surface area contributed by atoms with E-state index in [0.29, 0.717) is 18.1 Å². The lowest BCUT2D eigenvalue weighted by molar-refractivity contribution is -0.130. The SMILES string of the molecule is O=C(NCc1nnc2ccc(-c3ccsc3)nn12)C1CCCO1. The first-order valence-corrected chi connectivity index (χ1v) is 8.39. The summed E-state index contributed by atoms with van der Waals surface area (Å²) in [5.41, 5.74) is 2.57. The van der Waals surface area contributed by atoms with Crippen LogP contribution in [0.4, 0.5) is 0 Å². The summed E-state index contributed by atoms with van der Waals surface area (Å²) in [5.74, 6) is 0.497. The van der Waals surface area contributed by atoms with Crippen LogP contribution in [-0.4, -0.2) is 38.4 Å². The van der Waals surface area contributed by atoms with Crippen molar-refractivity contribution in [2.24, 2.45) is 0 Å². The van der Waals surface area contributed by atoms with E-state index in [9.17, 15) is 4.79 Å². The summed E-state index contributed by atoms with van der Waals surface area (Å²) < 4.78 is 7.04. The van der Waals surface area contributed by atoms with E-state index in [1.807, 2.05) is 29.0 Å². The standard InChI is InChI=1S/C15H15N5O2S/c21-15(12-2-1-6-22-12)16-8-14-18-17-13-4-3-11(19-20(13)14)10-5-7-23-9-10/h3-5,7,9,12H,1-2,6,8H2,(H,16,21). The molecule has 1 fully saturated rings. The van der Waals surface area contributed by atoms with Crippen LogP contribution >= 0.6 is 11.3 Å². The van der Waals surface area contributed by atoms with Gasteiger partial charge in [0.25, 0.3) is 0 Å². The van der Waals surface area contributed by atoms with Gasteiger partial charge in [-0.3, -0.25) is 4.79 Å². The minimum Gasteiger partial charge on any atom is -0.368 e. The monoisotopic (exact) mass is 329 g/mol. The summed E-state index contributed by atoms with van der Waals surface area (Å²) >= 11 is 1.62. The third-order valence-electron chi connectivity index (χ3n) is 3.79. The molecule has 1 aliphatic heterocycles. The van der Waals surface area contributed by atoms with Crippen molar-refractivity contribution in [2.45, 2.75) is 25.5 Å². The van der Waals surface area contributed by atoms with Crippen molar-refractivity contribution in [2.75, 3.05) is 6.61 Å². The van der Waals surface area contributed by atoms with Gasteiger partial charge in [0.2, 0.25) is 5.91 Å². The van der Waals surface area contributed by atoms with E-state index >= 15 is 0 Å². The first-order chi connectivity index (χ1) is 11.3. The van der Waals surface area contributed by atoms with Gasteiger partial charge in [-0.2, -0.15) is 21.0 Å². The number of nitrogens with one attached hydrogen (secondary N) is 1. The number of thiophene rings is 1. The second kappa shape index (κ2) is 6.05. The molecule has 0 aliphatic carbocycles. The summed E-state index contributed by atoms with van der Waals surface area (Å²) in [4.78, 5) is 12.0. The number of hydrogen-bond donors (Lipinski definition) is 1. The summed E-state index contributed by atoms with van der Waals surface area (Å²) in [6, 6.07) is 5.81. The molecule has 1 saturated heterocycles. The summed E-state index contributed by atoms with van der Waals surface area (Å²) in [5, 5.41) is 19.7. The number of carbonyl (C=O) groups is 1. The van der Waals surface area contributed by atoms with E-state index in [2.05, 4.69) is 20.6 Å². The molecule has 4 heterocycles. The third-order valence-corrected chi connectivity index (χ3v) is 4.47. The molecule has 0 radical (unpaired) electrons. The number of aromatic nitrogens is 4. The topological polar surface area (TPSA) is 81.4 Å². The smallest absolute Gasteiger partial charge is 0.249 e. The maximum Gasteiger partial charge on any atom is 0.249 e. The van der Waals surface area contributed by atoms with E-state index in [-0.39, 0.29) is 18.6 Å². The molecule has 1 amide bonds. The van der Waals surface area contributed by atoms with Crippen molar-refractivity contribution in [1.82, 2.24) is 25.1 Å². The zero-order valence-corrected chi connectivity index (χ0v) is 13.1. The molecule has 8 heteroatoms. The Kier molecular flexibility index (Phi) is 3.76. The fourth-order valence-electron chi connectivity index (χ4n) is 2.57. The average molecular weight is 329 g/mol. The van der Waals surface area contributed by atoms with Crippen molar-refractivity contribution in [3.8, 4) is 11.3 Å². The van der Waals surface area contributed by atoms with E-state index < -0.39 is 0 Å². The van der Waals surface area contributed by atoms with Gasteiger partial charge in [0.05, 0.1) is 12.2 Å². The number of fused-ring (bicyclic) bond motifs is 1. The lowest BCUT2D eigenvalue weighted by Crippen LogP contribution is -2.34. The van der Waals surface area contributed by atoms with E-state index in [1.165, 1.54) is 0 Å². The molecule has 23 heavy (non-hydrogen) atoms. The molecule has 0 bridgehead atoms. The van der Waals surface area contributed by atoms with Crippen LogP contribution in [0, 0.1) is 0 Å². The molecule has 0 aromatic carbocycles. The van der Waals surface area contributed by atoms with Gasteiger partial charge in [-0.25, -0.2) is 0 Å². The number of rotatable bonds is 4. The van der Waals surface area contributed by atoms with Gasteiger partial charge in [-0.1, -0.05) is 0 Å². The molecule has 1 N–H and O–H groups in total. The number of ether oxygens (including phenoxy) is 1. The highest BCUT2D eigenvalue weighted by Gasteiger charge is 2.23. The Morgan fingerprint density at radius 1 is 1.39 bits per heavy atom. The second-order valence-corrected chi connectivity index (χ2v) is 6.12. The first-order valence-electron chi connectivity index (χ1n) is 7.44. The van der Waals surface area contributed by atoms with Crippen LogP contribution < -0.4 is 5.32 Å². The molecule has 1 atom stereocenters. The summed E-state index contributed by atoms with van der Waals surface area (Å²) in [6.45, 7) is 0.928. The number of nitrogens with zero attached hydrogens (tertiary/aromatic N) is 4. The Bertz CT molecular complexity index is 824. The fourth-order valence-corrected chi connectivity index (χ4v) is 3.22. The van der Waals surface area contributed by atoms with Crippen LogP contribution in [0.25, 0.3) is 16.9 Å². The zero-order valence-electron chi connectivity index (χ0n) is 12.3. The highest BCUT2D eigenvalue weighted by molar-refractivity contribution is 7.08. The summed E-state index contributed by atoms with van der Waals surface area (Å²) in [7, 11) is 0.